The van der Waals surface area contributed by atoms with Crippen LogP contribution in [-0.2, 0) is 21.6 Å². The van der Waals surface area contributed by atoms with Crippen molar-refractivity contribution in [2.75, 3.05) is 10.6 Å². The van der Waals surface area contributed by atoms with Gasteiger partial charge in [0.2, 0.25) is 5.91 Å². The number of hydrogen-bond donors (Lipinski definition) is 2. The van der Waals surface area contributed by atoms with Gasteiger partial charge in [-0.3, -0.25) is 10.1 Å². The van der Waals surface area contributed by atoms with Gasteiger partial charge >= 0.3 is 6.09 Å². The summed E-state index contributed by atoms with van der Waals surface area (Å²) in [7, 11) is 0. The second-order valence-electron chi connectivity index (χ2n) is 6.03. The minimum atomic E-state index is -0.610. The third-order valence-electron chi connectivity index (χ3n) is 3.97. The van der Waals surface area contributed by atoms with Crippen LogP contribution < -0.4 is 10.6 Å². The van der Waals surface area contributed by atoms with Crippen LogP contribution in [0.3, 0.4) is 0 Å². The van der Waals surface area contributed by atoms with Gasteiger partial charge in [0.25, 0.3) is 0 Å². The van der Waals surface area contributed by atoms with Gasteiger partial charge in [-0.1, -0.05) is 30.3 Å². The number of benzene rings is 2. The van der Waals surface area contributed by atoms with Crippen molar-refractivity contribution in [3.05, 3.63) is 59.7 Å². The molecule has 5 nitrogen and oxygen atoms in total. The number of nitrogens with one attached hydrogen (secondary N) is 2. The van der Waals surface area contributed by atoms with Crippen molar-refractivity contribution in [2.24, 2.45) is 0 Å². The lowest BCUT2D eigenvalue weighted by atomic mass is 9.86. The second kappa shape index (κ2) is 5.76. The quantitative estimate of drug-likeness (QED) is 0.909. The summed E-state index contributed by atoms with van der Waals surface area (Å²) < 4.78 is 5.19. The molecular formula is C18H18N2O3. The van der Waals surface area contributed by atoms with Gasteiger partial charge in [-0.15, -0.1) is 0 Å². The van der Waals surface area contributed by atoms with E-state index in [2.05, 4.69) is 10.6 Å². The first-order valence-corrected chi connectivity index (χ1v) is 7.40. The zero-order chi connectivity index (χ0) is 16.4. The van der Waals surface area contributed by atoms with E-state index in [-0.39, 0.29) is 12.5 Å². The summed E-state index contributed by atoms with van der Waals surface area (Å²) in [5.74, 6) is -0.0451. The van der Waals surface area contributed by atoms with E-state index in [0.29, 0.717) is 5.69 Å². The van der Waals surface area contributed by atoms with Crippen LogP contribution in [0, 0.1) is 0 Å². The Morgan fingerprint density at radius 2 is 1.91 bits per heavy atom. The van der Waals surface area contributed by atoms with Crippen molar-refractivity contribution >= 4 is 23.4 Å². The highest BCUT2D eigenvalue weighted by atomic mass is 16.5. The van der Waals surface area contributed by atoms with Crippen molar-refractivity contribution < 1.29 is 14.3 Å². The van der Waals surface area contributed by atoms with Gasteiger partial charge in [-0.05, 0) is 43.2 Å². The first-order valence-electron chi connectivity index (χ1n) is 7.40. The van der Waals surface area contributed by atoms with Crippen LogP contribution in [0.2, 0.25) is 0 Å². The lowest BCUT2D eigenvalue weighted by Gasteiger charge is -2.16. The number of anilines is 2. The molecule has 0 saturated heterocycles. The molecule has 0 saturated carbocycles. The third kappa shape index (κ3) is 3.04. The normalized spacial score (nSPS) is 14.8. The number of fused-ring (bicyclic) bond motifs is 1. The summed E-state index contributed by atoms with van der Waals surface area (Å²) in [5, 5.41) is 5.53. The highest BCUT2D eigenvalue weighted by Gasteiger charge is 2.38. The molecule has 0 atom stereocenters. The average molecular weight is 310 g/mol. The smallest absolute Gasteiger partial charge is 0.411 e. The predicted molar refractivity (Wildman–Crippen MR) is 88.3 cm³/mol. The minimum absolute atomic E-state index is 0.0451. The van der Waals surface area contributed by atoms with Gasteiger partial charge in [-0.25, -0.2) is 4.79 Å². The molecular weight excluding hydrogens is 292 g/mol. The van der Waals surface area contributed by atoms with E-state index >= 15 is 0 Å². The zero-order valence-corrected chi connectivity index (χ0v) is 13.1. The fraction of sp³-hybridized carbons (Fsp3) is 0.222. The van der Waals surface area contributed by atoms with Crippen LogP contribution in [0.5, 0.6) is 0 Å². The maximum atomic E-state index is 11.9. The molecule has 1 aliphatic rings. The highest BCUT2D eigenvalue weighted by Crippen LogP contribution is 2.38. The molecule has 118 valence electrons. The molecule has 2 aromatic rings. The Kier molecular flexibility index (Phi) is 3.78. The fourth-order valence-corrected chi connectivity index (χ4v) is 2.53. The number of carbonyl (C=O) groups is 2. The molecule has 2 aromatic carbocycles. The Bertz CT molecular complexity index is 754. The SMILES string of the molecule is CC1(C)C(=O)Nc2ccc(NC(=O)OCc3ccccc3)cc21. The van der Waals surface area contributed by atoms with Crippen LogP contribution >= 0.6 is 0 Å². The molecule has 0 unspecified atom stereocenters. The molecule has 23 heavy (non-hydrogen) atoms. The van der Waals surface area contributed by atoms with E-state index in [1.807, 2.05) is 44.2 Å². The molecule has 0 radical (unpaired) electrons. The van der Waals surface area contributed by atoms with Crippen LogP contribution in [0.1, 0.15) is 25.0 Å². The molecule has 2 amide bonds. The summed E-state index contributed by atoms with van der Waals surface area (Å²) in [6.07, 6.45) is -0.524. The zero-order valence-electron chi connectivity index (χ0n) is 13.1. The van der Waals surface area contributed by atoms with Crippen molar-refractivity contribution in [3.63, 3.8) is 0 Å². The van der Waals surface area contributed by atoms with Gasteiger partial charge in [-0.2, -0.15) is 0 Å². The third-order valence-corrected chi connectivity index (χ3v) is 3.97. The van der Waals surface area contributed by atoms with Crippen LogP contribution in [-0.4, -0.2) is 12.0 Å². The molecule has 2 N–H and O–H groups in total. The van der Waals surface area contributed by atoms with Gasteiger partial charge in [0.1, 0.15) is 6.61 Å². The van der Waals surface area contributed by atoms with Crippen LogP contribution in [0.25, 0.3) is 0 Å². The number of hydrogen-bond acceptors (Lipinski definition) is 3. The van der Waals surface area contributed by atoms with Gasteiger partial charge in [0, 0.05) is 11.4 Å². The Labute approximate surface area is 134 Å². The summed E-state index contributed by atoms with van der Waals surface area (Å²) in [4.78, 5) is 23.8. The molecule has 0 aromatic heterocycles. The second-order valence-corrected chi connectivity index (χ2v) is 6.03. The molecule has 5 heteroatoms. The van der Waals surface area contributed by atoms with Crippen LogP contribution in [0.4, 0.5) is 16.2 Å². The Morgan fingerprint density at radius 1 is 1.17 bits per heavy atom. The molecule has 1 aliphatic heterocycles. The number of rotatable bonds is 3. The minimum Gasteiger partial charge on any atom is -0.444 e. The van der Waals surface area contributed by atoms with E-state index in [9.17, 15) is 9.59 Å². The Balaban J connectivity index is 1.66. The first-order chi connectivity index (χ1) is 11.0. The van der Waals surface area contributed by atoms with Crippen molar-refractivity contribution in [2.45, 2.75) is 25.9 Å². The molecule has 0 aliphatic carbocycles. The first kappa shape index (κ1) is 15.1. The topological polar surface area (TPSA) is 67.4 Å². The predicted octanol–water partition coefficient (Wildman–Crippen LogP) is 3.67. The van der Waals surface area contributed by atoms with Gasteiger partial charge in [0.15, 0.2) is 0 Å². The standard InChI is InChI=1S/C18H18N2O3/c1-18(2)14-10-13(8-9-15(14)20-16(18)21)19-17(22)23-11-12-6-4-3-5-7-12/h3-10H,11H2,1-2H3,(H,19,22)(H,20,21). The molecule has 0 fully saturated rings. The number of carbonyl (C=O) groups excluding carboxylic acids is 2. The summed E-state index contributed by atoms with van der Waals surface area (Å²) in [6, 6.07) is 14.8. The Hall–Kier alpha value is -2.82. The maximum Gasteiger partial charge on any atom is 0.411 e. The number of ether oxygens (including phenoxy) is 1. The largest absolute Gasteiger partial charge is 0.444 e. The van der Waals surface area contributed by atoms with Crippen molar-refractivity contribution in [1.29, 1.82) is 0 Å². The maximum absolute atomic E-state index is 11.9. The molecule has 3 rings (SSSR count). The summed E-state index contributed by atoms with van der Waals surface area (Å²) >= 11 is 0. The Morgan fingerprint density at radius 3 is 2.65 bits per heavy atom. The van der Waals surface area contributed by atoms with Crippen molar-refractivity contribution in [3.8, 4) is 0 Å². The van der Waals surface area contributed by atoms with Crippen LogP contribution in [0.15, 0.2) is 48.5 Å². The van der Waals surface area contributed by atoms with E-state index < -0.39 is 11.5 Å². The van der Waals surface area contributed by atoms with Gasteiger partial charge in [0.05, 0.1) is 5.41 Å². The van der Waals surface area contributed by atoms with E-state index in [1.165, 1.54) is 0 Å². The monoisotopic (exact) mass is 310 g/mol. The molecule has 0 bridgehead atoms. The molecule has 1 heterocycles. The lowest BCUT2D eigenvalue weighted by molar-refractivity contribution is -0.119. The van der Waals surface area contributed by atoms with E-state index in [1.54, 1.807) is 18.2 Å². The lowest BCUT2D eigenvalue weighted by Crippen LogP contribution is -2.26. The fourth-order valence-electron chi connectivity index (χ4n) is 2.53. The summed E-state index contributed by atoms with van der Waals surface area (Å²) in [6.45, 7) is 3.92. The van der Waals surface area contributed by atoms with Gasteiger partial charge < -0.3 is 10.1 Å². The highest BCUT2D eigenvalue weighted by molar-refractivity contribution is 6.06. The van der Waals surface area contributed by atoms with E-state index in [4.69, 9.17) is 4.74 Å². The number of amides is 2. The van der Waals surface area contributed by atoms with E-state index in [0.717, 1.165) is 16.8 Å². The average Bonchev–Trinajstić information content (AvgIpc) is 2.76. The van der Waals surface area contributed by atoms with Crippen molar-refractivity contribution in [1.82, 2.24) is 0 Å². The molecule has 0 spiro atoms. The summed E-state index contributed by atoms with van der Waals surface area (Å²) in [5.41, 5.74) is 2.56.